The lowest BCUT2D eigenvalue weighted by molar-refractivity contribution is 0.330. The lowest BCUT2D eigenvalue weighted by Crippen LogP contribution is -1.96. The van der Waals surface area contributed by atoms with Gasteiger partial charge in [-0.15, -0.1) is 0 Å². The van der Waals surface area contributed by atoms with Gasteiger partial charge in [-0.1, -0.05) is 28.1 Å². The number of nitrogens with zero attached hydrogens (tertiary/aromatic N) is 1. The zero-order chi connectivity index (χ0) is 8.39. The van der Waals surface area contributed by atoms with Gasteiger partial charge in [0.1, 0.15) is 12.6 Å². The highest BCUT2D eigenvalue weighted by Gasteiger charge is 2.13. The summed E-state index contributed by atoms with van der Waals surface area (Å²) in [4.78, 5) is 4.05. The minimum absolute atomic E-state index is 0.137. The largest absolute Gasteiger partial charge is 0.471 e. The van der Waals surface area contributed by atoms with Crippen LogP contribution in [0.4, 0.5) is 0 Å². The summed E-state index contributed by atoms with van der Waals surface area (Å²) < 4.78 is 5.99. The van der Waals surface area contributed by atoms with Crippen LogP contribution in [-0.4, -0.2) is 13.0 Å². The molecule has 12 heavy (non-hydrogen) atoms. The van der Waals surface area contributed by atoms with Crippen molar-refractivity contribution in [2.75, 3.05) is 6.61 Å². The molecule has 0 spiro atoms. The highest BCUT2D eigenvalue weighted by Crippen LogP contribution is 2.22. The Balaban J connectivity index is 2.23. The number of benzene rings is 1. The normalized spacial score (nSPS) is 20.9. The summed E-state index contributed by atoms with van der Waals surface area (Å²) >= 11 is 3.38. The third kappa shape index (κ3) is 1.50. The van der Waals surface area contributed by atoms with E-state index in [0.717, 1.165) is 4.47 Å². The molecule has 1 atom stereocenters. The van der Waals surface area contributed by atoms with Crippen LogP contribution in [0.2, 0.25) is 0 Å². The molecule has 0 N–H and O–H groups in total. The van der Waals surface area contributed by atoms with Crippen molar-refractivity contribution in [1.82, 2.24) is 0 Å². The first-order valence-electron chi connectivity index (χ1n) is 3.68. The van der Waals surface area contributed by atoms with Gasteiger partial charge in [-0.2, -0.15) is 0 Å². The highest BCUT2D eigenvalue weighted by atomic mass is 79.9. The summed E-state index contributed by atoms with van der Waals surface area (Å²) in [6, 6.07) is 8.22. The maximum absolute atomic E-state index is 4.91. The number of hydrogen-bond donors (Lipinski definition) is 0. The van der Waals surface area contributed by atoms with Gasteiger partial charge in [-0.05, 0) is 17.7 Å². The molecule has 1 aromatic rings. The zero-order valence-electron chi connectivity index (χ0n) is 6.33. The number of hydrogen-bond acceptors (Lipinski definition) is 2. The van der Waals surface area contributed by atoms with Gasteiger partial charge in [-0.25, -0.2) is 4.99 Å². The molecule has 1 aliphatic heterocycles. The third-order valence-corrected chi connectivity index (χ3v) is 2.30. The van der Waals surface area contributed by atoms with Crippen LogP contribution < -0.4 is 0 Å². The van der Waals surface area contributed by atoms with E-state index in [2.05, 4.69) is 27.3 Å². The predicted octanol–water partition coefficient (Wildman–Crippen LogP) is 2.43. The molecule has 61 valence electrons. The van der Waals surface area contributed by atoms with E-state index in [1.54, 1.807) is 0 Å². The van der Waals surface area contributed by atoms with Crippen LogP contribution in [0.15, 0.2) is 33.7 Å². The molecule has 0 saturated carbocycles. The Labute approximate surface area is 79.4 Å². The fraction of sp³-hybridized carbons (Fsp3) is 0.222. The van der Waals surface area contributed by atoms with Crippen molar-refractivity contribution in [2.24, 2.45) is 4.99 Å². The predicted molar refractivity (Wildman–Crippen MR) is 50.3 cm³/mol. The molecule has 0 bridgehead atoms. The van der Waals surface area contributed by atoms with Crippen LogP contribution in [0.3, 0.4) is 0 Å². The number of aliphatic imine (C=N–C) groups is 1. The van der Waals surface area contributed by atoms with E-state index in [0.29, 0.717) is 6.61 Å². The molecule has 1 radical (unpaired) electrons. The van der Waals surface area contributed by atoms with Crippen molar-refractivity contribution in [3.05, 3.63) is 34.3 Å². The van der Waals surface area contributed by atoms with E-state index in [1.165, 1.54) is 5.56 Å². The Kier molecular flexibility index (Phi) is 2.13. The minimum atomic E-state index is 0.137. The molecule has 2 rings (SSSR count). The second-order valence-electron chi connectivity index (χ2n) is 2.60. The summed E-state index contributed by atoms with van der Waals surface area (Å²) in [5.74, 6) is 0. The van der Waals surface area contributed by atoms with Gasteiger partial charge < -0.3 is 4.74 Å². The second kappa shape index (κ2) is 3.27. The van der Waals surface area contributed by atoms with Crippen molar-refractivity contribution in [1.29, 1.82) is 0 Å². The van der Waals surface area contributed by atoms with Gasteiger partial charge in [-0.3, -0.25) is 0 Å². The van der Waals surface area contributed by atoms with E-state index < -0.39 is 0 Å². The average Bonchev–Trinajstić information content (AvgIpc) is 2.58. The Hall–Kier alpha value is -0.830. The molecule has 3 heteroatoms. The monoisotopic (exact) mass is 224 g/mol. The second-order valence-corrected chi connectivity index (χ2v) is 3.51. The molecule has 2 nitrogen and oxygen atoms in total. The van der Waals surface area contributed by atoms with Crippen LogP contribution >= 0.6 is 15.9 Å². The number of rotatable bonds is 1. The first-order valence-corrected chi connectivity index (χ1v) is 4.47. The summed E-state index contributed by atoms with van der Waals surface area (Å²) in [7, 11) is 0. The molecular formula is C9H7BrNO. The average molecular weight is 225 g/mol. The highest BCUT2D eigenvalue weighted by molar-refractivity contribution is 9.10. The molecule has 1 aliphatic rings. The fourth-order valence-corrected chi connectivity index (χ4v) is 1.37. The zero-order valence-corrected chi connectivity index (χ0v) is 7.91. The van der Waals surface area contributed by atoms with Crippen LogP contribution in [0, 0.1) is 0 Å². The van der Waals surface area contributed by atoms with E-state index in [-0.39, 0.29) is 6.04 Å². The molecule has 0 amide bonds. The standard InChI is InChI=1S/C9H7BrNO/c10-8-3-1-7(2-4-8)9-5-12-6-11-9/h1-4,9H,5H2. The molecule has 1 heterocycles. The Bertz CT molecular complexity index is 294. The summed E-state index contributed by atoms with van der Waals surface area (Å²) in [5.41, 5.74) is 1.17. The van der Waals surface area contributed by atoms with E-state index in [9.17, 15) is 0 Å². The molecule has 0 aliphatic carbocycles. The van der Waals surface area contributed by atoms with E-state index in [4.69, 9.17) is 4.74 Å². The Morgan fingerprint density at radius 2 is 2.17 bits per heavy atom. The van der Waals surface area contributed by atoms with E-state index in [1.807, 2.05) is 24.3 Å². The van der Waals surface area contributed by atoms with Gasteiger partial charge in [0.2, 0.25) is 0 Å². The van der Waals surface area contributed by atoms with Crippen LogP contribution in [0.25, 0.3) is 0 Å². The lowest BCUT2D eigenvalue weighted by atomic mass is 10.1. The van der Waals surface area contributed by atoms with Gasteiger partial charge in [0.25, 0.3) is 6.40 Å². The van der Waals surface area contributed by atoms with Crippen molar-refractivity contribution in [2.45, 2.75) is 6.04 Å². The maximum Gasteiger partial charge on any atom is 0.273 e. The van der Waals surface area contributed by atoms with Gasteiger partial charge in [0, 0.05) is 4.47 Å². The maximum atomic E-state index is 4.91. The molecular weight excluding hydrogens is 218 g/mol. The molecule has 0 saturated heterocycles. The number of halogens is 1. The first-order chi connectivity index (χ1) is 5.86. The van der Waals surface area contributed by atoms with Crippen molar-refractivity contribution < 1.29 is 4.74 Å². The van der Waals surface area contributed by atoms with Crippen LogP contribution in [-0.2, 0) is 4.74 Å². The Morgan fingerprint density at radius 3 is 2.75 bits per heavy atom. The summed E-state index contributed by atoms with van der Waals surface area (Å²) in [5, 5.41) is 0. The topological polar surface area (TPSA) is 21.6 Å². The van der Waals surface area contributed by atoms with Crippen molar-refractivity contribution in [3.8, 4) is 0 Å². The Morgan fingerprint density at radius 1 is 1.42 bits per heavy atom. The number of ether oxygens (including phenoxy) is 1. The molecule has 1 aromatic carbocycles. The van der Waals surface area contributed by atoms with E-state index >= 15 is 0 Å². The lowest BCUT2D eigenvalue weighted by Gasteiger charge is -2.04. The summed E-state index contributed by atoms with van der Waals surface area (Å²) in [6.07, 6.45) is 2.50. The molecule has 0 aromatic heterocycles. The van der Waals surface area contributed by atoms with Gasteiger partial charge >= 0.3 is 0 Å². The minimum Gasteiger partial charge on any atom is -0.471 e. The van der Waals surface area contributed by atoms with Crippen LogP contribution in [0.5, 0.6) is 0 Å². The third-order valence-electron chi connectivity index (χ3n) is 1.77. The van der Waals surface area contributed by atoms with Gasteiger partial charge in [0.05, 0.1) is 0 Å². The van der Waals surface area contributed by atoms with Crippen LogP contribution in [0.1, 0.15) is 11.6 Å². The quantitative estimate of drug-likeness (QED) is 0.719. The SMILES string of the molecule is Brc1ccc(C2CO[C]=N2)cc1. The smallest absolute Gasteiger partial charge is 0.273 e. The van der Waals surface area contributed by atoms with Crippen molar-refractivity contribution >= 4 is 22.3 Å². The molecule has 0 fully saturated rings. The summed E-state index contributed by atoms with van der Waals surface area (Å²) in [6.45, 7) is 0.613. The first kappa shape index (κ1) is 7.80. The molecule has 1 unspecified atom stereocenters. The van der Waals surface area contributed by atoms with Crippen molar-refractivity contribution in [3.63, 3.8) is 0 Å². The fourth-order valence-electron chi connectivity index (χ4n) is 1.11. The van der Waals surface area contributed by atoms with Gasteiger partial charge in [0.15, 0.2) is 0 Å².